The van der Waals surface area contributed by atoms with Crippen molar-refractivity contribution in [2.45, 2.75) is 50.5 Å². The number of nitrogens with one attached hydrogen (secondary N) is 1. The van der Waals surface area contributed by atoms with Gasteiger partial charge in [-0.05, 0) is 37.6 Å². The van der Waals surface area contributed by atoms with Crippen molar-refractivity contribution >= 4 is 0 Å². The topological polar surface area (TPSA) is 39.7 Å². The number of benzene rings is 1. The first kappa shape index (κ1) is 14.8. The van der Waals surface area contributed by atoms with Crippen molar-refractivity contribution in [1.29, 1.82) is 0 Å². The van der Waals surface area contributed by atoms with Gasteiger partial charge in [-0.15, -0.1) is 0 Å². The molecule has 1 N–H and O–H groups in total. The van der Waals surface area contributed by atoms with E-state index in [-0.39, 0.29) is 6.10 Å². The largest absolute Gasteiger partial charge is 0.489 e. The molecule has 4 nitrogen and oxygen atoms in total. The van der Waals surface area contributed by atoms with Crippen molar-refractivity contribution < 1.29 is 14.2 Å². The maximum Gasteiger partial charge on any atom is 0.172 e. The summed E-state index contributed by atoms with van der Waals surface area (Å²) in [5.74, 6) is 0.523. The second kappa shape index (κ2) is 6.34. The molecule has 1 aliphatic heterocycles. The molecule has 0 amide bonds. The van der Waals surface area contributed by atoms with Crippen LogP contribution in [0.25, 0.3) is 0 Å². The molecule has 1 aliphatic carbocycles. The third kappa shape index (κ3) is 3.23. The minimum absolute atomic E-state index is 0.0777. The molecule has 0 bridgehead atoms. The first-order chi connectivity index (χ1) is 10.2. The minimum Gasteiger partial charge on any atom is -0.489 e. The zero-order valence-electron chi connectivity index (χ0n) is 12.9. The van der Waals surface area contributed by atoms with Gasteiger partial charge in [-0.3, -0.25) is 0 Å². The van der Waals surface area contributed by atoms with Gasteiger partial charge < -0.3 is 19.5 Å². The Morgan fingerprint density at radius 1 is 1.33 bits per heavy atom. The Morgan fingerprint density at radius 2 is 2.14 bits per heavy atom. The lowest BCUT2D eigenvalue weighted by molar-refractivity contribution is -0.196. The summed E-state index contributed by atoms with van der Waals surface area (Å²) < 4.78 is 18.0. The number of likely N-dealkylation sites (N-methyl/N-ethyl adjacent to an activating group) is 1. The summed E-state index contributed by atoms with van der Waals surface area (Å²) in [5.41, 5.74) is 1.30. The molecule has 2 unspecified atom stereocenters. The van der Waals surface area contributed by atoms with Crippen LogP contribution in [0.15, 0.2) is 24.3 Å². The van der Waals surface area contributed by atoms with E-state index in [2.05, 4.69) is 30.4 Å². The fourth-order valence-corrected chi connectivity index (χ4v) is 3.34. The highest BCUT2D eigenvalue weighted by atomic mass is 16.7. The Hall–Kier alpha value is -1.10. The molecule has 4 heteroatoms. The molecule has 21 heavy (non-hydrogen) atoms. The smallest absolute Gasteiger partial charge is 0.172 e. The molecule has 3 rings (SSSR count). The highest BCUT2D eigenvalue weighted by Gasteiger charge is 2.45. The molecule has 1 heterocycles. The normalized spacial score (nSPS) is 27.9. The zero-order chi connectivity index (χ0) is 14.7. The predicted molar refractivity (Wildman–Crippen MR) is 81.6 cm³/mol. The average molecular weight is 291 g/mol. The van der Waals surface area contributed by atoms with Crippen molar-refractivity contribution in [2.75, 3.05) is 20.3 Å². The van der Waals surface area contributed by atoms with Crippen LogP contribution in [0.4, 0.5) is 0 Å². The van der Waals surface area contributed by atoms with E-state index in [0.29, 0.717) is 19.3 Å². The predicted octanol–water partition coefficient (Wildman–Crippen LogP) is 2.51. The van der Waals surface area contributed by atoms with Gasteiger partial charge in [-0.25, -0.2) is 0 Å². The van der Waals surface area contributed by atoms with E-state index in [9.17, 15) is 0 Å². The molecule has 2 fully saturated rings. The van der Waals surface area contributed by atoms with E-state index in [1.807, 2.05) is 13.1 Å². The first-order valence-electron chi connectivity index (χ1n) is 7.95. The summed E-state index contributed by atoms with van der Waals surface area (Å²) in [4.78, 5) is 0. The van der Waals surface area contributed by atoms with Crippen LogP contribution >= 0.6 is 0 Å². The average Bonchev–Trinajstić information content (AvgIpc) is 2.96. The number of hydrogen-bond donors (Lipinski definition) is 1. The van der Waals surface area contributed by atoms with Crippen LogP contribution in [-0.4, -0.2) is 38.2 Å². The van der Waals surface area contributed by atoms with Gasteiger partial charge in [0.05, 0.1) is 13.2 Å². The van der Waals surface area contributed by atoms with Crippen LogP contribution in [0.5, 0.6) is 5.75 Å². The van der Waals surface area contributed by atoms with Crippen LogP contribution in [-0.2, 0) is 15.9 Å². The first-order valence-corrected chi connectivity index (χ1v) is 7.95. The lowest BCUT2D eigenvalue weighted by atomic mass is 9.87. The maximum absolute atomic E-state index is 6.27. The zero-order valence-corrected chi connectivity index (χ0v) is 12.9. The molecule has 1 saturated carbocycles. The Labute approximate surface area is 126 Å². The second-order valence-corrected chi connectivity index (χ2v) is 5.90. The lowest BCUT2D eigenvalue weighted by Gasteiger charge is -2.40. The summed E-state index contributed by atoms with van der Waals surface area (Å²) in [7, 11) is 2.00. The maximum atomic E-state index is 6.27. The highest BCUT2D eigenvalue weighted by Crippen LogP contribution is 2.37. The number of hydrogen-bond acceptors (Lipinski definition) is 4. The van der Waals surface area contributed by atoms with Gasteiger partial charge in [-0.1, -0.05) is 19.1 Å². The van der Waals surface area contributed by atoms with E-state index < -0.39 is 5.79 Å². The van der Waals surface area contributed by atoms with Gasteiger partial charge in [0.2, 0.25) is 0 Å². The quantitative estimate of drug-likeness (QED) is 0.925. The van der Waals surface area contributed by atoms with Gasteiger partial charge in [0.25, 0.3) is 0 Å². The van der Waals surface area contributed by atoms with Crippen LogP contribution in [0.2, 0.25) is 0 Å². The minimum atomic E-state index is -0.416. The van der Waals surface area contributed by atoms with Crippen molar-refractivity contribution in [3.63, 3.8) is 0 Å². The van der Waals surface area contributed by atoms with Crippen molar-refractivity contribution in [2.24, 2.45) is 0 Å². The highest BCUT2D eigenvalue weighted by molar-refractivity contribution is 5.28. The second-order valence-electron chi connectivity index (χ2n) is 5.90. The molecule has 116 valence electrons. The Kier molecular flexibility index (Phi) is 4.48. The number of rotatable bonds is 4. The SMILES string of the molecule is CCc1cccc(OC2CC3(CCC2NC)OCCO3)c1. The summed E-state index contributed by atoms with van der Waals surface area (Å²) in [5, 5.41) is 3.37. The van der Waals surface area contributed by atoms with Crippen molar-refractivity contribution in [3.05, 3.63) is 29.8 Å². The van der Waals surface area contributed by atoms with Crippen LogP contribution in [0.1, 0.15) is 31.7 Å². The van der Waals surface area contributed by atoms with Crippen LogP contribution in [0.3, 0.4) is 0 Å². The molecule has 1 aromatic rings. The summed E-state index contributed by atoms with van der Waals surface area (Å²) in [6.07, 6.45) is 3.83. The molecule has 1 saturated heterocycles. The summed E-state index contributed by atoms with van der Waals surface area (Å²) in [6.45, 7) is 3.55. The van der Waals surface area contributed by atoms with Gasteiger partial charge in [0.1, 0.15) is 11.9 Å². The monoisotopic (exact) mass is 291 g/mol. The van der Waals surface area contributed by atoms with E-state index in [1.54, 1.807) is 0 Å². The van der Waals surface area contributed by atoms with Gasteiger partial charge in [0, 0.05) is 18.9 Å². The molecule has 0 aromatic heterocycles. The Morgan fingerprint density at radius 3 is 2.86 bits per heavy atom. The lowest BCUT2D eigenvalue weighted by Crippen LogP contribution is -2.52. The van der Waals surface area contributed by atoms with E-state index in [4.69, 9.17) is 14.2 Å². The molecular formula is C17H25NO3. The number of ether oxygens (including phenoxy) is 3. The molecule has 0 radical (unpaired) electrons. The van der Waals surface area contributed by atoms with Crippen LogP contribution < -0.4 is 10.1 Å². The van der Waals surface area contributed by atoms with Crippen molar-refractivity contribution in [3.8, 4) is 5.75 Å². The van der Waals surface area contributed by atoms with Crippen molar-refractivity contribution in [1.82, 2.24) is 5.32 Å². The summed E-state index contributed by atoms with van der Waals surface area (Å²) >= 11 is 0. The van der Waals surface area contributed by atoms with Crippen LogP contribution in [0, 0.1) is 0 Å². The third-order valence-electron chi connectivity index (χ3n) is 4.58. The number of aryl methyl sites for hydroxylation is 1. The molecule has 1 aromatic carbocycles. The standard InChI is InChI=1S/C17H25NO3/c1-3-13-5-4-6-14(11-13)21-16-12-17(19-9-10-20-17)8-7-15(16)18-2/h4-6,11,15-16,18H,3,7-10,12H2,1-2H3. The van der Waals surface area contributed by atoms with Gasteiger partial charge >= 0.3 is 0 Å². The van der Waals surface area contributed by atoms with Gasteiger partial charge in [0.15, 0.2) is 5.79 Å². The molecular weight excluding hydrogens is 266 g/mol. The fourth-order valence-electron chi connectivity index (χ4n) is 3.34. The van der Waals surface area contributed by atoms with E-state index >= 15 is 0 Å². The fraction of sp³-hybridized carbons (Fsp3) is 0.647. The molecule has 2 aliphatic rings. The van der Waals surface area contributed by atoms with Gasteiger partial charge in [-0.2, -0.15) is 0 Å². The third-order valence-corrected chi connectivity index (χ3v) is 4.58. The summed E-state index contributed by atoms with van der Waals surface area (Å²) in [6, 6.07) is 8.69. The molecule has 1 spiro atoms. The Bertz CT molecular complexity index is 471. The van der Waals surface area contributed by atoms with E-state index in [0.717, 1.165) is 31.4 Å². The molecule has 2 atom stereocenters. The van der Waals surface area contributed by atoms with E-state index in [1.165, 1.54) is 5.56 Å². The Balaban J connectivity index is 1.73.